The number of rotatable bonds is 6. The van der Waals surface area contributed by atoms with Crippen LogP contribution in [0, 0.1) is 11.6 Å². The van der Waals surface area contributed by atoms with Crippen LogP contribution < -0.4 is 0 Å². The highest BCUT2D eigenvalue weighted by molar-refractivity contribution is 7.89. The summed E-state index contributed by atoms with van der Waals surface area (Å²) in [6.45, 7) is 1.62. The van der Waals surface area contributed by atoms with E-state index >= 15 is 0 Å². The van der Waals surface area contributed by atoms with E-state index in [1.165, 1.54) is 28.6 Å². The molecule has 0 saturated carbocycles. The van der Waals surface area contributed by atoms with Crippen LogP contribution in [0.1, 0.15) is 17.2 Å². The summed E-state index contributed by atoms with van der Waals surface area (Å²) in [5, 5.41) is 0. The maximum absolute atomic E-state index is 13.6. The van der Waals surface area contributed by atoms with Gasteiger partial charge >= 0.3 is 0 Å². The van der Waals surface area contributed by atoms with Crippen molar-refractivity contribution in [1.29, 1.82) is 0 Å². The second-order valence-corrected chi connectivity index (χ2v) is 10.8. The van der Waals surface area contributed by atoms with Gasteiger partial charge in [0, 0.05) is 26.2 Å². The van der Waals surface area contributed by atoms with Gasteiger partial charge < -0.3 is 0 Å². The van der Waals surface area contributed by atoms with Crippen molar-refractivity contribution in [2.24, 2.45) is 0 Å². The van der Waals surface area contributed by atoms with E-state index in [0.29, 0.717) is 26.2 Å². The lowest BCUT2D eigenvalue weighted by molar-refractivity contribution is 0.155. The zero-order valence-electron chi connectivity index (χ0n) is 19.6. The molecule has 0 unspecified atom stereocenters. The minimum absolute atomic E-state index is 0.235. The van der Waals surface area contributed by atoms with Gasteiger partial charge in [0.25, 0.3) is 0 Å². The molecule has 4 nitrogen and oxygen atoms in total. The SMILES string of the molecule is O=S(=O)(c1ccc(-c2ccccc2)cc1)N1CCN(C(c2ccc(F)cc2)c2ccc(F)cc2)CC1. The van der Waals surface area contributed by atoms with Crippen molar-refractivity contribution in [3.05, 3.63) is 126 Å². The van der Waals surface area contributed by atoms with Gasteiger partial charge in [0.05, 0.1) is 10.9 Å². The first-order valence-corrected chi connectivity index (χ1v) is 13.3. The maximum Gasteiger partial charge on any atom is 0.243 e. The summed E-state index contributed by atoms with van der Waals surface area (Å²) in [6.07, 6.45) is 0. The predicted octanol–water partition coefficient (Wildman–Crippen LogP) is 5.73. The fraction of sp³-hybridized carbons (Fsp3) is 0.172. The van der Waals surface area contributed by atoms with E-state index in [0.717, 1.165) is 22.3 Å². The molecule has 1 fully saturated rings. The Labute approximate surface area is 210 Å². The average molecular weight is 505 g/mol. The predicted molar refractivity (Wildman–Crippen MR) is 137 cm³/mol. The second kappa shape index (κ2) is 10.3. The monoisotopic (exact) mass is 504 g/mol. The number of halogens is 2. The van der Waals surface area contributed by atoms with Crippen molar-refractivity contribution in [3.63, 3.8) is 0 Å². The van der Waals surface area contributed by atoms with Crippen LogP contribution in [-0.2, 0) is 10.0 Å². The topological polar surface area (TPSA) is 40.6 Å². The molecule has 4 aromatic rings. The summed E-state index contributed by atoms with van der Waals surface area (Å²) in [7, 11) is -3.64. The van der Waals surface area contributed by atoms with Crippen molar-refractivity contribution >= 4 is 10.0 Å². The van der Waals surface area contributed by atoms with E-state index in [1.807, 2.05) is 42.5 Å². The summed E-state index contributed by atoms with van der Waals surface area (Å²) in [6, 6.07) is 29.1. The van der Waals surface area contributed by atoms with Crippen molar-refractivity contribution in [1.82, 2.24) is 9.21 Å². The molecule has 0 amide bonds. The van der Waals surface area contributed by atoms with Crippen molar-refractivity contribution < 1.29 is 17.2 Å². The molecule has 0 N–H and O–H groups in total. The normalized spacial score (nSPS) is 15.3. The van der Waals surface area contributed by atoms with Crippen molar-refractivity contribution in [2.45, 2.75) is 10.9 Å². The van der Waals surface area contributed by atoms with Crippen LogP contribution in [0.3, 0.4) is 0 Å². The third kappa shape index (κ3) is 5.09. The van der Waals surface area contributed by atoms with Gasteiger partial charge in [-0.3, -0.25) is 4.90 Å². The van der Waals surface area contributed by atoms with Crippen LogP contribution in [0.25, 0.3) is 11.1 Å². The molecule has 1 aliphatic rings. The Hall–Kier alpha value is -3.39. The van der Waals surface area contributed by atoms with Crippen molar-refractivity contribution in [3.8, 4) is 11.1 Å². The first-order valence-electron chi connectivity index (χ1n) is 11.8. The van der Waals surface area contributed by atoms with Gasteiger partial charge in [0.15, 0.2) is 0 Å². The summed E-state index contributed by atoms with van der Waals surface area (Å²) >= 11 is 0. The average Bonchev–Trinajstić information content (AvgIpc) is 2.92. The Bertz CT molecular complexity index is 1360. The number of sulfonamides is 1. The molecule has 5 rings (SSSR count). The zero-order valence-corrected chi connectivity index (χ0v) is 20.4. The van der Waals surface area contributed by atoms with E-state index in [-0.39, 0.29) is 22.6 Å². The molecular weight excluding hydrogens is 478 g/mol. The number of piperazine rings is 1. The van der Waals surface area contributed by atoms with Crippen LogP contribution >= 0.6 is 0 Å². The molecule has 0 aromatic heterocycles. The lowest BCUT2D eigenvalue weighted by Crippen LogP contribution is -2.49. The molecule has 0 spiro atoms. The molecule has 0 radical (unpaired) electrons. The molecule has 1 aliphatic heterocycles. The smallest absolute Gasteiger partial charge is 0.243 e. The van der Waals surface area contributed by atoms with Crippen LogP contribution in [-0.4, -0.2) is 43.8 Å². The lowest BCUT2D eigenvalue weighted by Gasteiger charge is -2.39. The molecule has 1 saturated heterocycles. The standard InChI is InChI=1S/C29H26F2N2O2S/c30-26-12-6-24(7-13-26)29(25-8-14-27(31)15-9-25)32-18-20-33(21-19-32)36(34,35)28-16-10-23(11-17-28)22-4-2-1-3-5-22/h1-17,29H,18-21H2. The van der Waals surface area contributed by atoms with Gasteiger partial charge in [-0.1, -0.05) is 66.7 Å². The largest absolute Gasteiger partial charge is 0.290 e. The van der Waals surface area contributed by atoms with E-state index in [1.54, 1.807) is 36.4 Å². The Morgan fingerprint density at radius 2 is 1.06 bits per heavy atom. The maximum atomic E-state index is 13.6. The van der Waals surface area contributed by atoms with Crippen LogP contribution in [0.15, 0.2) is 108 Å². The zero-order chi connectivity index (χ0) is 25.1. The van der Waals surface area contributed by atoms with E-state index in [2.05, 4.69) is 4.90 Å². The third-order valence-electron chi connectivity index (χ3n) is 6.61. The second-order valence-electron chi connectivity index (χ2n) is 8.84. The van der Waals surface area contributed by atoms with Gasteiger partial charge in [-0.2, -0.15) is 4.31 Å². The van der Waals surface area contributed by atoms with E-state index in [9.17, 15) is 17.2 Å². The molecule has 0 atom stereocenters. The minimum Gasteiger partial charge on any atom is -0.290 e. The summed E-state index contributed by atoms with van der Waals surface area (Å²) in [4.78, 5) is 2.43. The highest BCUT2D eigenvalue weighted by Crippen LogP contribution is 2.31. The van der Waals surface area contributed by atoms with Crippen LogP contribution in [0.4, 0.5) is 8.78 Å². The summed E-state index contributed by atoms with van der Waals surface area (Å²) < 4.78 is 55.4. The van der Waals surface area contributed by atoms with Gasteiger partial charge in [-0.25, -0.2) is 17.2 Å². The molecule has 4 aromatic carbocycles. The molecule has 36 heavy (non-hydrogen) atoms. The Kier molecular flexibility index (Phi) is 6.96. The molecule has 7 heteroatoms. The highest BCUT2D eigenvalue weighted by Gasteiger charge is 2.32. The summed E-state index contributed by atoms with van der Waals surface area (Å²) in [5.41, 5.74) is 3.73. The van der Waals surface area contributed by atoms with Crippen LogP contribution in [0.2, 0.25) is 0 Å². The fourth-order valence-corrected chi connectivity index (χ4v) is 6.13. The molecule has 0 aliphatic carbocycles. The van der Waals surface area contributed by atoms with E-state index in [4.69, 9.17) is 0 Å². The first kappa shape index (κ1) is 24.3. The highest BCUT2D eigenvalue weighted by atomic mass is 32.2. The molecule has 0 bridgehead atoms. The fourth-order valence-electron chi connectivity index (χ4n) is 4.71. The minimum atomic E-state index is -3.64. The lowest BCUT2D eigenvalue weighted by atomic mass is 9.96. The Morgan fingerprint density at radius 3 is 1.56 bits per heavy atom. The van der Waals surface area contributed by atoms with E-state index < -0.39 is 10.0 Å². The van der Waals surface area contributed by atoms with Crippen LogP contribution in [0.5, 0.6) is 0 Å². The Morgan fingerprint density at radius 1 is 0.583 bits per heavy atom. The molecule has 184 valence electrons. The first-order chi connectivity index (χ1) is 17.4. The number of hydrogen-bond acceptors (Lipinski definition) is 3. The van der Waals surface area contributed by atoms with Gasteiger partial charge in [0.1, 0.15) is 11.6 Å². The summed E-state index contributed by atoms with van der Waals surface area (Å²) in [5.74, 6) is -0.656. The number of nitrogens with zero attached hydrogens (tertiary/aromatic N) is 2. The molecule has 1 heterocycles. The number of benzene rings is 4. The quantitative estimate of drug-likeness (QED) is 0.337. The van der Waals surface area contributed by atoms with Gasteiger partial charge in [-0.05, 0) is 58.7 Å². The van der Waals surface area contributed by atoms with Gasteiger partial charge in [0.2, 0.25) is 10.0 Å². The van der Waals surface area contributed by atoms with Gasteiger partial charge in [-0.15, -0.1) is 0 Å². The molecular formula is C29H26F2N2O2S. The Balaban J connectivity index is 1.34. The third-order valence-corrected chi connectivity index (χ3v) is 8.52. The van der Waals surface area contributed by atoms with Crippen molar-refractivity contribution in [2.75, 3.05) is 26.2 Å². The number of hydrogen-bond donors (Lipinski definition) is 0.